The number of allylic oxidation sites excluding steroid dienone is 1. The molecular weight excluding hydrogens is 877 g/mol. The molecule has 11 nitrogen and oxygen atoms in total. The average Bonchev–Trinajstić information content (AvgIpc) is 4.04. The van der Waals surface area contributed by atoms with Gasteiger partial charge in [0.05, 0.1) is 36.8 Å². The van der Waals surface area contributed by atoms with E-state index in [1.165, 1.54) is 7.11 Å². The van der Waals surface area contributed by atoms with Gasteiger partial charge in [-0.15, -0.1) is 0 Å². The van der Waals surface area contributed by atoms with E-state index in [9.17, 15) is 14.4 Å². The van der Waals surface area contributed by atoms with E-state index in [4.69, 9.17) is 19.5 Å². The van der Waals surface area contributed by atoms with E-state index in [1.807, 2.05) is 87.6 Å². The van der Waals surface area contributed by atoms with Crippen LogP contribution in [0.15, 0.2) is 84.0 Å². The molecule has 0 saturated carbocycles. The zero-order valence-electron chi connectivity index (χ0n) is 36.1. The highest BCUT2D eigenvalue weighted by Crippen LogP contribution is 2.35. The second-order valence-electron chi connectivity index (χ2n) is 16.0. The van der Waals surface area contributed by atoms with Crippen LogP contribution in [0.2, 0.25) is 0 Å². The van der Waals surface area contributed by atoms with E-state index in [-0.39, 0.29) is 103 Å². The van der Waals surface area contributed by atoms with Gasteiger partial charge in [-0.25, -0.2) is 9.78 Å². The van der Waals surface area contributed by atoms with E-state index in [0.717, 1.165) is 70.6 Å². The number of aromatic nitrogens is 2. The van der Waals surface area contributed by atoms with Gasteiger partial charge in [-0.2, -0.15) is 67.5 Å². The number of amides is 3. The number of aromatic amines is 1. The van der Waals surface area contributed by atoms with Crippen LogP contribution in [0, 0.1) is 29.6 Å². The van der Waals surface area contributed by atoms with E-state index in [1.54, 1.807) is 4.90 Å². The van der Waals surface area contributed by atoms with E-state index >= 15 is 0 Å². The fourth-order valence-electron chi connectivity index (χ4n) is 7.88. The molecule has 0 spiro atoms. The SMILES string of the molecule is COC(=O)N[C@H](C(=O)N1C[C@@H](Oc2ccccc2)C[C@H]1c1nc2ccc(C#Cc3ccc(C4=CN=C([C@@H]5CCCN5C(=O)[C@@H](C)C(C)C)C4)cc3)cc2[nH]1)C(C)C.S.S.S.S.S. The Kier molecular flexibility index (Phi) is 21.0. The lowest BCUT2D eigenvalue weighted by atomic mass is 9.94. The van der Waals surface area contributed by atoms with Crippen molar-refractivity contribution < 1.29 is 23.9 Å². The molecule has 0 bridgehead atoms. The van der Waals surface area contributed by atoms with Gasteiger partial charge in [-0.05, 0) is 78.3 Å². The Morgan fingerprint density at radius 3 is 2.16 bits per heavy atom. The third kappa shape index (κ3) is 12.3. The number of hydrogen-bond donors (Lipinski definition) is 2. The molecule has 3 aliphatic heterocycles. The number of carbonyl (C=O) groups excluding carboxylic acids is 3. The van der Waals surface area contributed by atoms with Crippen LogP contribution in [0.1, 0.15) is 88.9 Å². The Balaban J connectivity index is 0.00000265. The number of benzene rings is 3. The van der Waals surface area contributed by atoms with E-state index in [0.29, 0.717) is 24.7 Å². The molecule has 5 atom stereocenters. The summed E-state index contributed by atoms with van der Waals surface area (Å²) in [6.07, 6.45) is 4.27. The summed E-state index contributed by atoms with van der Waals surface area (Å²) >= 11 is 0. The highest BCUT2D eigenvalue weighted by molar-refractivity contribution is 7.60. The summed E-state index contributed by atoms with van der Waals surface area (Å²) in [5.41, 5.74) is 6.63. The van der Waals surface area contributed by atoms with Crippen LogP contribution in [-0.2, 0) is 14.3 Å². The maximum absolute atomic E-state index is 14.1. The van der Waals surface area contributed by atoms with Crippen LogP contribution in [0.3, 0.4) is 0 Å². The zero-order chi connectivity index (χ0) is 40.2. The molecule has 2 fully saturated rings. The molecule has 4 heterocycles. The summed E-state index contributed by atoms with van der Waals surface area (Å²) in [7, 11) is 1.28. The number of nitrogens with one attached hydrogen (secondary N) is 2. The first-order valence-electron chi connectivity index (χ1n) is 20.0. The van der Waals surface area contributed by atoms with Crippen molar-refractivity contribution in [2.24, 2.45) is 22.7 Å². The third-order valence-corrected chi connectivity index (χ3v) is 11.5. The molecule has 62 heavy (non-hydrogen) atoms. The summed E-state index contributed by atoms with van der Waals surface area (Å²) in [5, 5.41) is 2.72. The molecule has 3 amide bonds. The molecular formula is C46H62N6O5S5. The van der Waals surface area contributed by atoms with Crippen molar-refractivity contribution in [3.8, 4) is 17.6 Å². The first kappa shape index (κ1) is 54.0. The van der Waals surface area contributed by atoms with Crippen molar-refractivity contribution in [3.05, 3.63) is 102 Å². The van der Waals surface area contributed by atoms with Gasteiger partial charge in [0.15, 0.2) is 0 Å². The number of imidazole rings is 1. The molecule has 2 N–H and O–H groups in total. The first-order valence-corrected chi connectivity index (χ1v) is 20.0. The molecule has 16 heteroatoms. The number of fused-ring (bicyclic) bond motifs is 1. The second kappa shape index (κ2) is 24.1. The maximum Gasteiger partial charge on any atom is 0.407 e. The van der Waals surface area contributed by atoms with Gasteiger partial charge in [0.25, 0.3) is 0 Å². The van der Waals surface area contributed by atoms with Gasteiger partial charge in [-0.1, -0.05) is 76.8 Å². The Morgan fingerprint density at radius 2 is 1.50 bits per heavy atom. The number of alkyl carbamates (subject to hydrolysis) is 1. The van der Waals surface area contributed by atoms with Gasteiger partial charge in [0.1, 0.15) is 23.7 Å². The molecule has 0 unspecified atom stereocenters. The summed E-state index contributed by atoms with van der Waals surface area (Å²) in [6, 6.07) is 22.5. The number of aliphatic imine (C=N–C) groups is 1. The Morgan fingerprint density at radius 1 is 0.823 bits per heavy atom. The van der Waals surface area contributed by atoms with Crippen molar-refractivity contribution in [2.45, 2.75) is 84.5 Å². The largest absolute Gasteiger partial charge is 0.488 e. The molecule has 3 aromatic carbocycles. The summed E-state index contributed by atoms with van der Waals surface area (Å²) in [5.74, 6) is 8.12. The highest BCUT2D eigenvalue weighted by atomic mass is 32.1. The smallest absolute Gasteiger partial charge is 0.407 e. The zero-order valence-corrected chi connectivity index (χ0v) is 41.1. The number of hydrogen-bond acceptors (Lipinski definition) is 7. The number of methoxy groups -OCH3 is 1. The molecule has 0 radical (unpaired) electrons. The fraction of sp³-hybridized carbons (Fsp3) is 0.413. The topological polar surface area (TPSA) is 129 Å². The minimum atomic E-state index is -0.783. The predicted octanol–water partition coefficient (Wildman–Crippen LogP) is 8.10. The number of para-hydroxylation sites is 1. The van der Waals surface area contributed by atoms with Gasteiger partial charge in [0, 0.05) is 48.3 Å². The first-order chi connectivity index (χ1) is 27.5. The van der Waals surface area contributed by atoms with Crippen molar-refractivity contribution in [3.63, 3.8) is 0 Å². The molecule has 7 rings (SSSR count). The summed E-state index contributed by atoms with van der Waals surface area (Å²) < 4.78 is 11.1. The highest BCUT2D eigenvalue weighted by Gasteiger charge is 2.43. The van der Waals surface area contributed by atoms with E-state index in [2.05, 4.69) is 53.0 Å². The molecule has 2 saturated heterocycles. The minimum absolute atomic E-state index is 0. The minimum Gasteiger partial charge on any atom is -0.488 e. The standard InChI is InChI=1S/C46H52N6O5.5H2S/c1-28(2)30(5)44(53)51-22-10-13-40(51)39-24-34(26-47-39)33-19-16-31(17-20-33)14-15-32-18-21-37-38(23-32)49-43(48-37)41-25-36(57-35-11-8-7-9-12-35)27-52(41)45(54)42(29(3)4)50-46(55)56-6;;;;;/h7-9,11-12,16-21,23,26,28-30,36,40-42H,10,13,22,24-25,27H2,1-6H3,(H,48,49)(H,50,55);5*1H2/t30-,36-,40-,41-,42-;;;;;/m0...../s1. The predicted molar refractivity (Wildman–Crippen MR) is 273 cm³/mol. The molecule has 3 aliphatic rings. The summed E-state index contributed by atoms with van der Waals surface area (Å²) in [6.45, 7) is 11.2. The molecule has 336 valence electrons. The van der Waals surface area contributed by atoms with Crippen molar-refractivity contribution >= 4 is 108 Å². The molecule has 4 aromatic rings. The number of ether oxygens (including phenoxy) is 2. The van der Waals surface area contributed by atoms with Gasteiger partial charge in [0.2, 0.25) is 11.8 Å². The van der Waals surface area contributed by atoms with Crippen LogP contribution in [0.5, 0.6) is 5.75 Å². The van der Waals surface area contributed by atoms with Crippen LogP contribution in [0.25, 0.3) is 16.6 Å². The van der Waals surface area contributed by atoms with Crippen LogP contribution < -0.4 is 10.1 Å². The molecule has 0 aliphatic carbocycles. The van der Waals surface area contributed by atoms with Crippen molar-refractivity contribution in [1.82, 2.24) is 25.1 Å². The quantitative estimate of drug-likeness (QED) is 0.155. The Bertz CT molecular complexity index is 2260. The number of likely N-dealkylation sites (tertiary alicyclic amines) is 2. The lowest BCUT2D eigenvalue weighted by Gasteiger charge is -2.29. The van der Waals surface area contributed by atoms with E-state index < -0.39 is 18.2 Å². The normalized spacial score (nSPS) is 18.6. The lowest BCUT2D eigenvalue weighted by molar-refractivity contribution is -0.136. The Labute approximate surface area is 400 Å². The fourth-order valence-corrected chi connectivity index (χ4v) is 7.88. The average molecular weight is 939 g/mol. The molecule has 1 aromatic heterocycles. The number of nitrogens with zero attached hydrogens (tertiary/aromatic N) is 4. The number of carbonyl (C=O) groups is 3. The van der Waals surface area contributed by atoms with Gasteiger partial charge < -0.3 is 29.6 Å². The van der Waals surface area contributed by atoms with Gasteiger partial charge in [-0.3, -0.25) is 14.6 Å². The third-order valence-electron chi connectivity index (χ3n) is 11.5. The number of H-pyrrole nitrogens is 1. The van der Waals surface area contributed by atoms with Crippen LogP contribution in [-0.4, -0.2) is 81.8 Å². The number of rotatable bonds is 10. The lowest BCUT2D eigenvalue weighted by Crippen LogP contribution is -2.51. The van der Waals surface area contributed by atoms with Gasteiger partial charge >= 0.3 is 6.09 Å². The Hall–Kier alpha value is -4.14. The van der Waals surface area contributed by atoms with Crippen LogP contribution >= 0.6 is 67.5 Å². The maximum atomic E-state index is 14.1. The second-order valence-corrected chi connectivity index (χ2v) is 16.0. The van der Waals surface area contributed by atoms with Crippen molar-refractivity contribution in [1.29, 1.82) is 0 Å². The summed E-state index contributed by atoms with van der Waals surface area (Å²) in [4.78, 5) is 56.5. The van der Waals surface area contributed by atoms with Crippen molar-refractivity contribution in [2.75, 3.05) is 20.2 Å². The van der Waals surface area contributed by atoms with Crippen LogP contribution in [0.4, 0.5) is 4.79 Å². The monoisotopic (exact) mass is 938 g/mol.